The van der Waals surface area contributed by atoms with Gasteiger partial charge in [0.2, 0.25) is 0 Å². The summed E-state index contributed by atoms with van der Waals surface area (Å²) in [6.07, 6.45) is 18.5. The Kier molecular flexibility index (Phi) is 1470. The van der Waals surface area contributed by atoms with E-state index in [1.165, 1.54) is 62.1 Å². The number of alkyl halides is 1. The number of benzene rings is 2. The first-order chi connectivity index (χ1) is 28.2. The molecule has 2 aromatic heterocycles. The zero-order valence-electron chi connectivity index (χ0n) is 71.5. The third-order valence-corrected chi connectivity index (χ3v) is 12.9. The van der Waals surface area contributed by atoms with Gasteiger partial charge in [-0.2, -0.15) is 29.7 Å². The van der Waals surface area contributed by atoms with Crippen molar-refractivity contribution in [2.75, 3.05) is 25.0 Å². The zero-order chi connectivity index (χ0) is 42.0. The molecule has 2 saturated heterocycles. The number of hydrogen-bond acceptors (Lipinski definition) is 9. The summed E-state index contributed by atoms with van der Waals surface area (Å²) in [7, 11) is 0. The Bertz CT molecular complexity index is 2540. The van der Waals surface area contributed by atoms with E-state index in [4.69, 9.17) is 24.7 Å². The van der Waals surface area contributed by atoms with Gasteiger partial charge >= 0.3 is 12.3 Å². The maximum Gasteiger partial charge on any atom is 0.373 e. The van der Waals surface area contributed by atoms with Gasteiger partial charge in [-0.05, 0) is 94.0 Å². The number of aromatic nitrogens is 2. The first kappa shape index (κ1) is 576. The molecule has 0 amide bonds. The van der Waals surface area contributed by atoms with Gasteiger partial charge in [-0.1, -0.05) is 83.4 Å². The molecule has 8 rings (SSSR count). The van der Waals surface area contributed by atoms with Crippen LogP contribution in [0.1, 0.15) is 101 Å². The number of halogens is 1. The standard InChI is InChI=1S/C21H24BrN3.C21H24N6.2CO2.85V/c1-3-21-10-6-12-24(14-23)20(21)19-17(9-11-22)16-7-4-5-8-18(16)25(19)15(2)13-21;1-3-21-10-6-12-26(14-22)20(21)19-17(9-11-24-25-23)16-7-4-5-8-18(16)27(19)15(2)13-21;2*2-1-3;;;;;;;;;;;;;;;;;;;;;;;;;;;;;;;;;;;;;;;;;;;;;;;;;;;;;;;;;;;;;;;;;;;;;;;;;;;;;;;;;;;;;/h4-5,7-8,13,20H,3,6,9-12H2,1-2H3;4-5,7-8,13,20H,3,6,9-12H2,1-2H3;;;;;;;;;;;;;;;;;;;;;;;;;;;;;;;;;;;;;;;;;;;;;;;;;;;;;;;;;;;;;;;;;;;;;;;;;;;;;;;;;;;;;;;/t2*20-,21+;;;;;;;;;;;;;;;;;;;;;;;;;;;;;;;;;;;;;;;;;;;;;;;;;;;;;;;;;;;;;;;;;;;;;;;;;;;;;;;;;;;;;;;/m11......................................................................................./s1. The van der Waals surface area contributed by atoms with Crippen molar-refractivity contribution in [3.05, 3.63) is 93.6 Å². The second kappa shape index (κ2) is 365. The summed E-state index contributed by atoms with van der Waals surface area (Å²) >= 11 is 3.65. The van der Waals surface area contributed by atoms with Crippen molar-refractivity contribution >= 4 is 61.4 Å². The molecule has 2 aromatic carbocycles. The number of azide groups is 1. The van der Waals surface area contributed by atoms with E-state index in [9.17, 15) is 10.5 Å². The molecule has 0 bridgehead atoms. The summed E-state index contributed by atoms with van der Waals surface area (Å²) in [6, 6.07) is 17.3. The average molecular weight is 5180 g/mol. The number of nitrogens with zero attached hydrogens (tertiary/aromatic N) is 9. The molecule has 85 radical (unpaired) electrons. The molecule has 13 nitrogen and oxygen atoms in total. The normalized spacial score (nSPS) is 9.03. The number of nitriles is 2. The number of carbonyl (C=O) groups excluding carboxylic acids is 4. The SMILES string of the molecule is CC[C@]12C=C(C)n3c(c(CCBr)c4ccccc43)[C@H]1N(C#N)CCC2.CC[C@]12C=C(C)n3c(c(CCN=[N+]=[N-])c4ccccc43)[C@H]1N(C#N)CCC2.O=C=O.O=C=O.[V].[V].[V].[V].[V].[V].[V].[V].[V].[V].[V].[V].[V].[V].[V].[V].[V].[V].[V].[V].[V].[V].[V].[V].[V].[V].[V].[V].[V].[V].[V].[V].[V].[V].[V].[V].[V].[V].[V].[V].[V].[V].[V].[V].[V].[V].[V].[V].[V].[V].[V].[V].[V].[V].[V].[V].[V].[V].[V].[V].[V].[V].[V].[V].[V].[V].[V].[V].[V].[V].[V].[V].[V].[V].[V].[V].[V].[V].[V].[V].[V].[V].[V].[V].[V]. The summed E-state index contributed by atoms with van der Waals surface area (Å²) in [5.41, 5.74) is 19.0. The Balaban J connectivity index is -0.00000000412. The van der Waals surface area contributed by atoms with Gasteiger partial charge in [0.25, 0.3) is 0 Å². The van der Waals surface area contributed by atoms with Crippen LogP contribution in [-0.4, -0.2) is 56.2 Å². The van der Waals surface area contributed by atoms with Crippen LogP contribution in [0.3, 0.4) is 0 Å². The average Bonchev–Trinajstić information content (AvgIpc) is 1.54. The van der Waals surface area contributed by atoms with Gasteiger partial charge in [0.1, 0.15) is 0 Å². The number of fused-ring (bicyclic) bond motifs is 10. The molecule has 6 heterocycles. The fourth-order valence-electron chi connectivity index (χ4n) is 10.4. The van der Waals surface area contributed by atoms with Gasteiger partial charge in [0, 0.05) is 1640 Å². The van der Waals surface area contributed by atoms with Gasteiger partial charge in [-0.15, -0.1) is 0 Å². The van der Waals surface area contributed by atoms with Crippen LogP contribution in [0.2, 0.25) is 0 Å². The van der Waals surface area contributed by atoms with Crippen LogP contribution in [0.4, 0.5) is 0 Å². The van der Waals surface area contributed by atoms with Gasteiger partial charge in [-0.25, -0.2) is 0 Å². The molecule has 2 fully saturated rings. The topological polar surface area (TPSA) is 181 Å². The van der Waals surface area contributed by atoms with Crippen molar-refractivity contribution in [1.29, 1.82) is 10.5 Å². The first-order valence-electron chi connectivity index (χ1n) is 19.7. The molecule has 725 valence electrons. The predicted octanol–water partition coefficient (Wildman–Crippen LogP) is 9.47. The Morgan fingerprint density at radius 1 is 0.315 bits per heavy atom. The largest absolute Gasteiger partial charge is 0.373 e. The second-order valence-electron chi connectivity index (χ2n) is 15.1. The molecule has 0 aliphatic carbocycles. The van der Waals surface area contributed by atoms with Crippen molar-refractivity contribution in [3.63, 3.8) is 0 Å². The molecule has 0 spiro atoms. The molecule has 4 aliphatic heterocycles. The van der Waals surface area contributed by atoms with Gasteiger partial charge in [-0.3, -0.25) is 0 Å². The monoisotopic (exact) mass is 5180 g/mol. The predicted molar refractivity (Wildman–Crippen MR) is 223 cm³/mol. The van der Waals surface area contributed by atoms with Crippen LogP contribution in [0.15, 0.2) is 65.8 Å². The summed E-state index contributed by atoms with van der Waals surface area (Å²) in [4.78, 5) is 39.4. The van der Waals surface area contributed by atoms with Crippen molar-refractivity contribution in [1.82, 2.24) is 18.9 Å². The van der Waals surface area contributed by atoms with Crippen molar-refractivity contribution < 1.29 is 1600 Å². The van der Waals surface area contributed by atoms with Crippen molar-refractivity contribution in [2.24, 2.45) is 15.9 Å². The van der Waals surface area contributed by atoms with E-state index < -0.39 is 0 Å². The molecular weight excluding hydrogens is 5130 g/mol. The van der Waals surface area contributed by atoms with Crippen LogP contribution in [0, 0.1) is 33.7 Å². The first-order valence-corrected chi connectivity index (χ1v) is 20.8. The number of para-hydroxylation sites is 2. The number of aryl methyl sites for hydroxylation is 1. The number of allylic oxidation sites excluding steroid dienone is 2. The van der Waals surface area contributed by atoms with E-state index in [0.29, 0.717) is 13.0 Å². The van der Waals surface area contributed by atoms with Gasteiger partial charge < -0.3 is 18.9 Å². The smallest absolute Gasteiger partial charge is 0.315 e. The van der Waals surface area contributed by atoms with Crippen LogP contribution < -0.4 is 0 Å². The summed E-state index contributed by atoms with van der Waals surface area (Å²) in [5, 5.41) is 27.0. The van der Waals surface area contributed by atoms with Crippen LogP contribution in [0.25, 0.3) is 43.6 Å². The zero-order valence-corrected chi connectivity index (χ0v) is 192. The molecule has 0 unspecified atom stereocenters. The van der Waals surface area contributed by atoms with E-state index in [2.05, 4.69) is 136 Å². The van der Waals surface area contributed by atoms with Crippen molar-refractivity contribution in [2.45, 2.75) is 91.1 Å². The molecule has 4 atom stereocenters. The Morgan fingerprint density at radius 2 is 0.483 bits per heavy atom. The molecule has 99 heteroatoms. The van der Waals surface area contributed by atoms with E-state index in [-0.39, 0.29) is 1610 Å². The summed E-state index contributed by atoms with van der Waals surface area (Å²) in [6.45, 7) is 11.0. The second-order valence-corrected chi connectivity index (χ2v) is 15.9. The molecule has 0 saturated carbocycles. The fraction of sp³-hybridized carbons (Fsp3) is 0.455. The van der Waals surface area contributed by atoms with E-state index in [0.717, 1.165) is 56.9 Å². The summed E-state index contributed by atoms with van der Waals surface area (Å²) < 4.78 is 4.75. The summed E-state index contributed by atoms with van der Waals surface area (Å²) in [5.74, 6) is 0. The maximum atomic E-state index is 9.89. The van der Waals surface area contributed by atoms with Crippen molar-refractivity contribution in [3.8, 4) is 12.4 Å². The molecule has 4 aromatic rings. The molecule has 0 N–H and O–H groups in total. The number of piperidine rings is 2. The minimum Gasteiger partial charge on any atom is -0.315 e. The van der Waals surface area contributed by atoms with Crippen LogP contribution in [0.5, 0.6) is 0 Å². The number of hydrogen-bond donors (Lipinski definition) is 0. The Hall–Kier alpha value is 43.8. The maximum absolute atomic E-state index is 9.89. The minimum atomic E-state index is -0.0182. The number of likely N-dealkylation sites (tertiary alicyclic amines) is 2. The molecular formula is C44H48BrN9O4V85. The Labute approximate surface area is 1880 Å². The third kappa shape index (κ3) is 203. The number of rotatable bonds is 7. The fourth-order valence-corrected chi connectivity index (χ4v) is 10.8. The third-order valence-electron chi connectivity index (χ3n) is 12.5. The van der Waals surface area contributed by atoms with E-state index in [1.54, 1.807) is 0 Å². The Morgan fingerprint density at radius 3 is 0.636 bits per heavy atom. The van der Waals surface area contributed by atoms with E-state index in [1.807, 2.05) is 9.80 Å². The van der Waals surface area contributed by atoms with Crippen LogP contribution >= 0.6 is 15.9 Å². The van der Waals surface area contributed by atoms with Gasteiger partial charge in [0.05, 0.1) is 34.5 Å². The van der Waals surface area contributed by atoms with E-state index >= 15 is 0 Å². The molecule has 4 aliphatic rings. The van der Waals surface area contributed by atoms with Gasteiger partial charge in [0.15, 0.2) is 12.4 Å². The quantitative estimate of drug-likeness (QED) is 0.0577. The molecule has 143 heavy (non-hydrogen) atoms. The minimum absolute atomic E-state index is 0. The van der Waals surface area contributed by atoms with Crippen LogP contribution in [-0.2, 0) is 1610 Å².